The number of H-pyrrole nitrogens is 1. The average molecular weight is 367 g/mol. The van der Waals surface area contributed by atoms with Crippen molar-refractivity contribution in [2.24, 2.45) is 0 Å². The van der Waals surface area contributed by atoms with E-state index in [1.807, 2.05) is 28.9 Å². The third-order valence-electron chi connectivity index (χ3n) is 5.42. The van der Waals surface area contributed by atoms with Crippen LogP contribution in [0.15, 0.2) is 24.3 Å². The molecule has 0 radical (unpaired) electrons. The van der Waals surface area contributed by atoms with Crippen molar-refractivity contribution in [1.82, 2.24) is 24.6 Å². The van der Waals surface area contributed by atoms with E-state index in [0.717, 1.165) is 60.3 Å². The number of hydrogen-bond acceptors (Lipinski definition) is 4. The third kappa shape index (κ3) is 3.35. The maximum Gasteiger partial charge on any atom is 0.356 e. The largest absolute Gasteiger partial charge is 0.476 e. The highest BCUT2D eigenvalue weighted by Gasteiger charge is 2.30. The molecule has 2 heterocycles. The molecule has 0 bridgehead atoms. The molecule has 7 nitrogen and oxygen atoms in total. The molecule has 4 rings (SSSR count). The summed E-state index contributed by atoms with van der Waals surface area (Å²) in [6.07, 6.45) is 3.53. The zero-order chi connectivity index (χ0) is 19.0. The number of likely N-dealkylation sites (N-methyl/N-ethyl adjacent to an activating group) is 1. The predicted molar refractivity (Wildman–Crippen MR) is 103 cm³/mol. The Hall–Kier alpha value is -2.67. The van der Waals surface area contributed by atoms with Crippen LogP contribution in [-0.2, 0) is 25.9 Å². The molecular formula is C20H25N5O2. The summed E-state index contributed by atoms with van der Waals surface area (Å²) in [4.78, 5) is 22.0. The smallest absolute Gasteiger partial charge is 0.356 e. The van der Waals surface area contributed by atoms with E-state index in [1.54, 1.807) is 0 Å². The van der Waals surface area contributed by atoms with Crippen LogP contribution in [0, 0.1) is 0 Å². The van der Waals surface area contributed by atoms with Gasteiger partial charge in [0.05, 0.1) is 17.6 Å². The molecule has 3 aromatic rings. The maximum absolute atomic E-state index is 11.7. The summed E-state index contributed by atoms with van der Waals surface area (Å²) in [5, 5.41) is 13.9. The van der Waals surface area contributed by atoms with Crippen molar-refractivity contribution in [3.63, 3.8) is 0 Å². The standard InChI is InChI=1S/C20H25N5O2/c1-3-10-25-17-9-8-13(11-14(17)19(23-25)20(26)27)24(2)12-18-21-15-6-4-5-7-16(15)22-18/h4-7,13H,3,8-12H2,1-2H3,(H,21,22)(H,26,27)/t13-/m1/s1. The Labute approximate surface area is 158 Å². The Morgan fingerprint density at radius 3 is 2.96 bits per heavy atom. The van der Waals surface area contributed by atoms with Crippen molar-refractivity contribution >= 4 is 17.0 Å². The van der Waals surface area contributed by atoms with Gasteiger partial charge in [0.1, 0.15) is 5.82 Å². The first-order valence-corrected chi connectivity index (χ1v) is 9.52. The molecular weight excluding hydrogens is 342 g/mol. The lowest BCUT2D eigenvalue weighted by Crippen LogP contribution is -2.36. The number of para-hydroxylation sites is 2. The van der Waals surface area contributed by atoms with Gasteiger partial charge < -0.3 is 10.1 Å². The van der Waals surface area contributed by atoms with Crippen LogP contribution >= 0.6 is 0 Å². The fraction of sp³-hybridized carbons (Fsp3) is 0.450. The number of nitrogens with zero attached hydrogens (tertiary/aromatic N) is 4. The first-order valence-electron chi connectivity index (χ1n) is 9.52. The molecule has 2 N–H and O–H groups in total. The second-order valence-electron chi connectivity index (χ2n) is 7.31. The summed E-state index contributed by atoms with van der Waals surface area (Å²) >= 11 is 0. The van der Waals surface area contributed by atoms with Gasteiger partial charge in [0, 0.05) is 23.8 Å². The van der Waals surface area contributed by atoms with E-state index in [1.165, 1.54) is 0 Å². The lowest BCUT2D eigenvalue weighted by Gasteiger charge is -2.31. The van der Waals surface area contributed by atoms with Crippen LogP contribution in [0.4, 0.5) is 0 Å². The van der Waals surface area contributed by atoms with Crippen LogP contribution < -0.4 is 0 Å². The predicted octanol–water partition coefficient (Wildman–Crippen LogP) is 2.86. The monoisotopic (exact) mass is 367 g/mol. The van der Waals surface area contributed by atoms with Crippen molar-refractivity contribution in [1.29, 1.82) is 0 Å². The molecule has 0 saturated carbocycles. The lowest BCUT2D eigenvalue weighted by atomic mass is 9.90. The SMILES string of the molecule is CCCn1nc(C(=O)O)c2c1CC[C@@H](N(C)Cc1nc3ccccc3[nH]1)C2. The highest BCUT2D eigenvalue weighted by atomic mass is 16.4. The summed E-state index contributed by atoms with van der Waals surface area (Å²) < 4.78 is 1.90. The number of aromatic carboxylic acids is 1. The van der Waals surface area contributed by atoms with E-state index in [0.29, 0.717) is 6.54 Å². The topological polar surface area (TPSA) is 87.0 Å². The number of benzene rings is 1. The Bertz CT molecular complexity index is 941. The van der Waals surface area contributed by atoms with Crippen molar-refractivity contribution in [3.8, 4) is 0 Å². The van der Waals surface area contributed by atoms with E-state index in [-0.39, 0.29) is 11.7 Å². The van der Waals surface area contributed by atoms with Crippen molar-refractivity contribution in [2.75, 3.05) is 7.05 Å². The molecule has 0 saturated heterocycles. The van der Waals surface area contributed by atoms with Crippen molar-refractivity contribution < 1.29 is 9.90 Å². The van der Waals surface area contributed by atoms with E-state index < -0.39 is 5.97 Å². The van der Waals surface area contributed by atoms with Crippen LogP contribution in [0.3, 0.4) is 0 Å². The molecule has 0 spiro atoms. The number of carboxylic acid groups (broad SMARTS) is 1. The lowest BCUT2D eigenvalue weighted by molar-refractivity contribution is 0.0687. The molecule has 142 valence electrons. The van der Waals surface area contributed by atoms with E-state index in [4.69, 9.17) is 0 Å². The van der Waals surface area contributed by atoms with Gasteiger partial charge in [-0.2, -0.15) is 5.10 Å². The highest BCUT2D eigenvalue weighted by molar-refractivity contribution is 5.87. The number of carbonyl (C=O) groups is 1. The number of nitrogens with one attached hydrogen (secondary N) is 1. The normalized spacial score (nSPS) is 16.8. The van der Waals surface area contributed by atoms with Gasteiger partial charge in [-0.25, -0.2) is 9.78 Å². The summed E-state index contributed by atoms with van der Waals surface area (Å²) in [6.45, 7) is 3.57. The fourth-order valence-corrected chi connectivity index (χ4v) is 4.06. The summed E-state index contributed by atoms with van der Waals surface area (Å²) in [7, 11) is 2.08. The van der Waals surface area contributed by atoms with Crippen LogP contribution in [0.25, 0.3) is 11.0 Å². The minimum atomic E-state index is -0.929. The number of rotatable bonds is 6. The number of aromatic nitrogens is 4. The zero-order valence-corrected chi connectivity index (χ0v) is 15.8. The van der Waals surface area contributed by atoms with Gasteiger partial charge in [-0.3, -0.25) is 9.58 Å². The van der Waals surface area contributed by atoms with Crippen LogP contribution in [0.5, 0.6) is 0 Å². The molecule has 1 aliphatic carbocycles. The Morgan fingerprint density at radius 1 is 1.41 bits per heavy atom. The minimum absolute atomic E-state index is 0.222. The first-order chi connectivity index (χ1) is 13.1. The maximum atomic E-state index is 11.7. The molecule has 0 fully saturated rings. The second-order valence-corrected chi connectivity index (χ2v) is 7.31. The number of aromatic amines is 1. The van der Waals surface area contributed by atoms with Crippen molar-refractivity contribution in [2.45, 2.75) is 51.7 Å². The first kappa shape index (κ1) is 17.7. The van der Waals surface area contributed by atoms with Crippen LogP contribution in [0.2, 0.25) is 0 Å². The van der Waals surface area contributed by atoms with Gasteiger partial charge in [0.25, 0.3) is 0 Å². The minimum Gasteiger partial charge on any atom is -0.476 e. The number of aryl methyl sites for hydroxylation is 1. The average Bonchev–Trinajstić information content (AvgIpc) is 3.22. The Morgan fingerprint density at radius 2 is 2.22 bits per heavy atom. The molecule has 7 heteroatoms. The Kier molecular flexibility index (Phi) is 4.70. The number of carboxylic acids is 1. The van der Waals surface area contributed by atoms with Gasteiger partial charge in [0.15, 0.2) is 5.69 Å². The van der Waals surface area contributed by atoms with E-state index in [2.05, 4.69) is 33.9 Å². The van der Waals surface area contributed by atoms with Gasteiger partial charge in [-0.05, 0) is 44.9 Å². The summed E-state index contributed by atoms with van der Waals surface area (Å²) in [6, 6.07) is 8.30. The van der Waals surface area contributed by atoms with Gasteiger partial charge in [-0.15, -0.1) is 0 Å². The number of fused-ring (bicyclic) bond motifs is 2. The number of hydrogen-bond donors (Lipinski definition) is 2. The van der Waals surface area contributed by atoms with Crippen LogP contribution in [-0.4, -0.2) is 48.8 Å². The second kappa shape index (κ2) is 7.15. The number of imidazole rings is 1. The third-order valence-corrected chi connectivity index (χ3v) is 5.42. The van der Waals surface area contributed by atoms with Crippen LogP contribution in [0.1, 0.15) is 47.3 Å². The Balaban J connectivity index is 1.53. The highest BCUT2D eigenvalue weighted by Crippen LogP contribution is 2.28. The van der Waals surface area contributed by atoms with Gasteiger partial charge >= 0.3 is 5.97 Å². The molecule has 1 aromatic carbocycles. The zero-order valence-electron chi connectivity index (χ0n) is 15.8. The summed E-state index contributed by atoms with van der Waals surface area (Å²) in [5.74, 6) is 0.00586. The molecule has 0 unspecified atom stereocenters. The molecule has 2 aromatic heterocycles. The molecule has 27 heavy (non-hydrogen) atoms. The molecule has 1 atom stereocenters. The molecule has 0 amide bonds. The van der Waals surface area contributed by atoms with Crippen molar-refractivity contribution in [3.05, 3.63) is 47.0 Å². The van der Waals surface area contributed by atoms with E-state index in [9.17, 15) is 9.90 Å². The van der Waals surface area contributed by atoms with Gasteiger partial charge in [0.2, 0.25) is 0 Å². The fourth-order valence-electron chi connectivity index (χ4n) is 4.06. The molecule has 0 aliphatic heterocycles. The van der Waals surface area contributed by atoms with Gasteiger partial charge in [-0.1, -0.05) is 19.1 Å². The molecule has 1 aliphatic rings. The quantitative estimate of drug-likeness (QED) is 0.699. The summed E-state index contributed by atoms with van der Waals surface area (Å²) in [5.41, 5.74) is 4.24. The van der Waals surface area contributed by atoms with E-state index >= 15 is 0 Å².